The summed E-state index contributed by atoms with van der Waals surface area (Å²) in [6.45, 7) is 2.85. The van der Waals surface area contributed by atoms with E-state index in [-0.39, 0.29) is 24.2 Å². The molecule has 1 aliphatic heterocycles. The minimum absolute atomic E-state index is 0.110. The fourth-order valence-electron chi connectivity index (χ4n) is 2.76. The molecule has 0 N–H and O–H groups in total. The van der Waals surface area contributed by atoms with Gasteiger partial charge in [0.15, 0.2) is 0 Å². The van der Waals surface area contributed by atoms with E-state index in [1.54, 1.807) is 6.07 Å². The molecular weight excluding hydrogens is 304 g/mol. The molecule has 1 aliphatic carbocycles. The molecule has 2 fully saturated rings. The van der Waals surface area contributed by atoms with Crippen LogP contribution in [0.5, 0.6) is 0 Å². The molecule has 0 unspecified atom stereocenters. The van der Waals surface area contributed by atoms with Gasteiger partial charge in [-0.05, 0) is 25.8 Å². The monoisotopic (exact) mass is 322 g/mol. The smallest absolute Gasteiger partial charge is 0.310 e. The highest BCUT2D eigenvalue weighted by Crippen LogP contribution is 2.32. The van der Waals surface area contributed by atoms with Crippen LogP contribution in [-0.2, 0) is 20.7 Å². The van der Waals surface area contributed by atoms with Crippen LogP contribution in [0.25, 0.3) is 0 Å². The molecule has 0 bridgehead atoms. The van der Waals surface area contributed by atoms with Gasteiger partial charge in [-0.1, -0.05) is 17.7 Å². The summed E-state index contributed by atoms with van der Waals surface area (Å²) in [6.07, 6.45) is 2.81. The van der Waals surface area contributed by atoms with Crippen molar-refractivity contribution in [3.8, 4) is 0 Å². The van der Waals surface area contributed by atoms with Crippen molar-refractivity contribution in [2.24, 2.45) is 5.92 Å². The van der Waals surface area contributed by atoms with Gasteiger partial charge in [0.1, 0.15) is 5.15 Å². The predicted molar refractivity (Wildman–Crippen MR) is 81.5 cm³/mol. The molecule has 118 valence electrons. The summed E-state index contributed by atoms with van der Waals surface area (Å²) in [4.78, 5) is 29.8. The van der Waals surface area contributed by atoms with E-state index >= 15 is 0 Å². The van der Waals surface area contributed by atoms with Crippen LogP contribution < -0.4 is 0 Å². The Morgan fingerprint density at radius 2 is 2.23 bits per heavy atom. The zero-order valence-electron chi connectivity index (χ0n) is 12.5. The van der Waals surface area contributed by atoms with Gasteiger partial charge in [-0.25, -0.2) is 4.98 Å². The SMILES string of the molecule is Cc1ccc(CC(=O)OC[C@@H]2CC(=O)N(C3CC3)C2)c(Cl)n1. The van der Waals surface area contributed by atoms with Crippen molar-refractivity contribution in [1.82, 2.24) is 9.88 Å². The van der Waals surface area contributed by atoms with Gasteiger partial charge in [-0.15, -0.1) is 0 Å². The van der Waals surface area contributed by atoms with E-state index in [2.05, 4.69) is 4.98 Å². The Hall–Kier alpha value is -1.62. The van der Waals surface area contributed by atoms with Crippen LogP contribution in [0.4, 0.5) is 0 Å². The zero-order valence-corrected chi connectivity index (χ0v) is 13.3. The van der Waals surface area contributed by atoms with Crippen LogP contribution in [0.15, 0.2) is 12.1 Å². The molecule has 0 aromatic carbocycles. The molecule has 0 radical (unpaired) electrons. The highest BCUT2D eigenvalue weighted by Gasteiger charge is 2.39. The fraction of sp³-hybridized carbons (Fsp3) is 0.562. The van der Waals surface area contributed by atoms with Crippen molar-refractivity contribution in [3.63, 3.8) is 0 Å². The van der Waals surface area contributed by atoms with Gasteiger partial charge in [0.25, 0.3) is 0 Å². The Balaban J connectivity index is 1.47. The normalized spacial score (nSPS) is 21.3. The topological polar surface area (TPSA) is 59.5 Å². The molecule has 1 aromatic heterocycles. The molecule has 1 aromatic rings. The Morgan fingerprint density at radius 1 is 1.45 bits per heavy atom. The molecule has 1 saturated heterocycles. The van der Waals surface area contributed by atoms with E-state index in [1.165, 1.54) is 0 Å². The number of rotatable bonds is 5. The van der Waals surface area contributed by atoms with Crippen molar-refractivity contribution < 1.29 is 14.3 Å². The van der Waals surface area contributed by atoms with Crippen molar-refractivity contribution >= 4 is 23.5 Å². The van der Waals surface area contributed by atoms with Gasteiger partial charge >= 0.3 is 5.97 Å². The molecular formula is C16H19ClN2O3. The summed E-state index contributed by atoms with van der Waals surface area (Å²) in [5.41, 5.74) is 1.48. The number of nitrogens with zero attached hydrogens (tertiary/aromatic N) is 2. The van der Waals surface area contributed by atoms with Gasteiger partial charge in [-0.3, -0.25) is 9.59 Å². The molecule has 5 nitrogen and oxygen atoms in total. The van der Waals surface area contributed by atoms with Gasteiger partial charge in [-0.2, -0.15) is 0 Å². The van der Waals surface area contributed by atoms with Crippen LogP contribution in [0.3, 0.4) is 0 Å². The maximum atomic E-state index is 11.9. The number of carbonyl (C=O) groups excluding carboxylic acids is 2. The zero-order chi connectivity index (χ0) is 15.7. The first-order valence-corrected chi connectivity index (χ1v) is 7.98. The van der Waals surface area contributed by atoms with E-state index in [0.717, 1.165) is 18.5 Å². The summed E-state index contributed by atoms with van der Waals surface area (Å²) in [5.74, 6) is -0.0251. The minimum atomic E-state index is -0.329. The minimum Gasteiger partial charge on any atom is -0.465 e. The molecule has 0 spiro atoms. The van der Waals surface area contributed by atoms with Gasteiger partial charge < -0.3 is 9.64 Å². The third-order valence-electron chi connectivity index (χ3n) is 4.11. The summed E-state index contributed by atoms with van der Waals surface area (Å²) in [6, 6.07) is 4.04. The second-order valence-electron chi connectivity index (χ2n) is 6.11. The number of aromatic nitrogens is 1. The number of pyridine rings is 1. The number of hydrogen-bond acceptors (Lipinski definition) is 4. The molecule has 2 heterocycles. The van der Waals surface area contributed by atoms with Gasteiger partial charge in [0.2, 0.25) is 5.91 Å². The molecule has 3 rings (SSSR count). The number of halogens is 1. The standard InChI is InChI=1S/C16H19ClN2O3/c1-10-2-3-12(16(17)18-10)7-15(21)22-9-11-6-14(20)19(8-11)13-4-5-13/h2-3,11,13H,4-9H2,1H3/t11-/m1/s1. The highest BCUT2D eigenvalue weighted by molar-refractivity contribution is 6.30. The number of carbonyl (C=O) groups is 2. The Bertz CT molecular complexity index is 601. The quantitative estimate of drug-likeness (QED) is 0.615. The predicted octanol–water partition coefficient (Wildman–Crippen LogP) is 2.14. The van der Waals surface area contributed by atoms with Crippen LogP contribution in [0.1, 0.15) is 30.5 Å². The lowest BCUT2D eigenvalue weighted by Crippen LogP contribution is -2.28. The lowest BCUT2D eigenvalue weighted by molar-refractivity contribution is -0.144. The maximum absolute atomic E-state index is 11.9. The van der Waals surface area contributed by atoms with Crippen LogP contribution in [-0.4, -0.2) is 41.0 Å². The fourth-order valence-corrected chi connectivity index (χ4v) is 3.03. The molecule has 22 heavy (non-hydrogen) atoms. The van der Waals surface area contributed by atoms with Gasteiger partial charge in [0, 0.05) is 36.2 Å². The van der Waals surface area contributed by atoms with Crippen LogP contribution >= 0.6 is 11.6 Å². The first-order valence-electron chi connectivity index (χ1n) is 7.60. The number of likely N-dealkylation sites (tertiary alicyclic amines) is 1. The summed E-state index contributed by atoms with van der Waals surface area (Å²) in [7, 11) is 0. The summed E-state index contributed by atoms with van der Waals surface area (Å²) < 4.78 is 5.31. The third kappa shape index (κ3) is 3.58. The third-order valence-corrected chi connectivity index (χ3v) is 4.43. The Labute approximate surface area is 134 Å². The average molecular weight is 323 g/mol. The van der Waals surface area contributed by atoms with Crippen molar-refractivity contribution in [1.29, 1.82) is 0 Å². The van der Waals surface area contributed by atoms with Gasteiger partial charge in [0.05, 0.1) is 13.0 Å². The number of aryl methyl sites for hydroxylation is 1. The first kappa shape index (κ1) is 15.3. The maximum Gasteiger partial charge on any atom is 0.310 e. The van der Waals surface area contributed by atoms with Crippen molar-refractivity contribution in [3.05, 3.63) is 28.5 Å². The lowest BCUT2D eigenvalue weighted by atomic mass is 10.1. The van der Waals surface area contributed by atoms with Crippen molar-refractivity contribution in [2.45, 2.75) is 38.6 Å². The van der Waals surface area contributed by atoms with Crippen LogP contribution in [0.2, 0.25) is 5.15 Å². The Kier molecular flexibility index (Phi) is 4.34. The number of ether oxygens (including phenoxy) is 1. The van der Waals surface area contributed by atoms with Crippen LogP contribution in [0, 0.1) is 12.8 Å². The summed E-state index contributed by atoms with van der Waals surface area (Å²) >= 11 is 6.01. The molecule has 1 amide bonds. The van der Waals surface area contributed by atoms with E-state index < -0.39 is 0 Å². The van der Waals surface area contributed by atoms with E-state index in [1.807, 2.05) is 17.9 Å². The van der Waals surface area contributed by atoms with E-state index in [9.17, 15) is 9.59 Å². The number of amides is 1. The van der Waals surface area contributed by atoms with E-state index in [4.69, 9.17) is 16.3 Å². The molecule has 1 saturated carbocycles. The highest BCUT2D eigenvalue weighted by atomic mass is 35.5. The molecule has 1 atom stereocenters. The second-order valence-corrected chi connectivity index (χ2v) is 6.47. The Morgan fingerprint density at radius 3 is 2.91 bits per heavy atom. The average Bonchev–Trinajstić information content (AvgIpc) is 3.23. The lowest BCUT2D eigenvalue weighted by Gasteiger charge is -2.15. The van der Waals surface area contributed by atoms with Crippen molar-refractivity contribution in [2.75, 3.05) is 13.2 Å². The number of esters is 1. The van der Waals surface area contributed by atoms with E-state index in [0.29, 0.717) is 36.3 Å². The number of hydrogen-bond donors (Lipinski definition) is 0. The first-order chi connectivity index (χ1) is 10.5. The summed E-state index contributed by atoms with van der Waals surface area (Å²) in [5, 5.41) is 0.341. The largest absolute Gasteiger partial charge is 0.465 e. The second kappa shape index (κ2) is 6.24. The molecule has 6 heteroatoms. The molecule has 2 aliphatic rings.